The molecule has 0 aliphatic heterocycles. The average Bonchev–Trinajstić information content (AvgIpc) is 2.88. The fourth-order valence-corrected chi connectivity index (χ4v) is 2.72. The molecule has 0 unspecified atom stereocenters. The van der Waals surface area contributed by atoms with Crippen LogP contribution in [0.3, 0.4) is 0 Å². The molecule has 0 aromatic heterocycles. The molecule has 1 aromatic carbocycles. The quantitative estimate of drug-likeness (QED) is 0.829. The van der Waals surface area contributed by atoms with Gasteiger partial charge >= 0.3 is 0 Å². The number of ether oxygens (including phenoxy) is 1. The van der Waals surface area contributed by atoms with Gasteiger partial charge in [0.25, 0.3) is 5.91 Å². The summed E-state index contributed by atoms with van der Waals surface area (Å²) in [6.07, 6.45) is 4.48. The first-order valence-corrected chi connectivity index (χ1v) is 7.34. The maximum Gasteiger partial charge on any atom is 0.281 e. The lowest BCUT2D eigenvalue weighted by atomic mass is 10.3. The predicted octanol–water partition coefficient (Wildman–Crippen LogP) is 3.47. The van der Waals surface area contributed by atoms with Gasteiger partial charge in [-0.3, -0.25) is 9.63 Å². The monoisotopic (exact) mass is 347 g/mol. The largest absolute Gasteiger partial charge is 0.483 e. The lowest BCUT2D eigenvalue weighted by Crippen LogP contribution is -2.32. The van der Waals surface area contributed by atoms with Crippen molar-refractivity contribution < 1.29 is 14.4 Å². The molecule has 104 valence electrons. The van der Waals surface area contributed by atoms with E-state index >= 15 is 0 Å². The van der Waals surface area contributed by atoms with Crippen LogP contribution in [0, 0.1) is 0 Å². The number of halogens is 2. The summed E-state index contributed by atoms with van der Waals surface area (Å²) in [6.45, 7) is -0.0903. The normalized spacial score (nSPS) is 15.5. The van der Waals surface area contributed by atoms with Crippen molar-refractivity contribution in [3.05, 3.63) is 27.7 Å². The Kier molecular flexibility index (Phi) is 5.48. The van der Waals surface area contributed by atoms with E-state index in [0.29, 0.717) is 15.2 Å². The molecule has 1 fully saturated rings. The number of nitrogens with one attached hydrogen (secondary N) is 1. The predicted molar refractivity (Wildman–Crippen MR) is 76.1 cm³/mol. The summed E-state index contributed by atoms with van der Waals surface area (Å²) in [4.78, 5) is 16.8. The fraction of sp³-hybridized carbons (Fsp3) is 0.462. The molecule has 0 spiro atoms. The molecule has 2 rings (SSSR count). The fourth-order valence-electron chi connectivity index (χ4n) is 1.92. The molecule has 0 bridgehead atoms. The van der Waals surface area contributed by atoms with Crippen LogP contribution >= 0.6 is 27.5 Å². The number of rotatable bonds is 5. The second-order valence-electron chi connectivity index (χ2n) is 4.41. The summed E-state index contributed by atoms with van der Waals surface area (Å²) in [7, 11) is 0. The third-order valence-electron chi connectivity index (χ3n) is 2.89. The van der Waals surface area contributed by atoms with Crippen LogP contribution in [0.15, 0.2) is 22.7 Å². The van der Waals surface area contributed by atoms with Crippen molar-refractivity contribution in [3.63, 3.8) is 0 Å². The number of benzene rings is 1. The van der Waals surface area contributed by atoms with Crippen LogP contribution < -0.4 is 10.2 Å². The Hall–Kier alpha value is -0.780. The highest BCUT2D eigenvalue weighted by Gasteiger charge is 2.17. The van der Waals surface area contributed by atoms with E-state index in [-0.39, 0.29) is 18.6 Å². The molecule has 1 aromatic rings. The van der Waals surface area contributed by atoms with Crippen LogP contribution in [0.2, 0.25) is 5.02 Å². The van der Waals surface area contributed by atoms with E-state index in [9.17, 15) is 4.79 Å². The van der Waals surface area contributed by atoms with Gasteiger partial charge in [0.15, 0.2) is 6.61 Å². The van der Waals surface area contributed by atoms with Gasteiger partial charge in [-0.2, -0.15) is 0 Å². The zero-order valence-corrected chi connectivity index (χ0v) is 12.7. The van der Waals surface area contributed by atoms with E-state index < -0.39 is 0 Å². The Balaban J connectivity index is 1.73. The lowest BCUT2D eigenvalue weighted by molar-refractivity contribution is -0.140. The molecule has 1 amide bonds. The number of hydrogen-bond donors (Lipinski definition) is 1. The summed E-state index contributed by atoms with van der Waals surface area (Å²) in [5.74, 6) is 0.272. The van der Waals surface area contributed by atoms with Crippen LogP contribution in [0.5, 0.6) is 5.75 Å². The van der Waals surface area contributed by atoms with Crippen LogP contribution in [0.1, 0.15) is 25.7 Å². The van der Waals surface area contributed by atoms with Crippen LogP contribution in [-0.4, -0.2) is 18.6 Å². The highest BCUT2D eigenvalue weighted by atomic mass is 79.9. The van der Waals surface area contributed by atoms with Gasteiger partial charge in [-0.15, -0.1) is 0 Å². The van der Waals surface area contributed by atoms with Crippen molar-refractivity contribution in [2.24, 2.45) is 0 Å². The third-order valence-corrected chi connectivity index (χ3v) is 3.75. The van der Waals surface area contributed by atoms with Gasteiger partial charge < -0.3 is 4.74 Å². The van der Waals surface area contributed by atoms with Gasteiger partial charge in [-0.1, -0.05) is 24.4 Å². The molecule has 0 saturated heterocycles. The smallest absolute Gasteiger partial charge is 0.281 e. The van der Waals surface area contributed by atoms with Gasteiger partial charge in [0.2, 0.25) is 0 Å². The highest BCUT2D eigenvalue weighted by Crippen LogP contribution is 2.27. The van der Waals surface area contributed by atoms with E-state index in [1.807, 2.05) is 0 Å². The molecule has 1 aliphatic rings. The number of hydrogen-bond acceptors (Lipinski definition) is 3. The van der Waals surface area contributed by atoms with Crippen molar-refractivity contribution in [1.82, 2.24) is 5.48 Å². The summed E-state index contributed by atoms with van der Waals surface area (Å²) in [6, 6.07) is 5.12. The average molecular weight is 349 g/mol. The second-order valence-corrected chi connectivity index (χ2v) is 5.70. The molecule has 0 heterocycles. The minimum absolute atomic E-state index is 0.0903. The SMILES string of the molecule is O=C(COc1ccc(Cl)cc1Br)NOC1CCCC1. The molecule has 4 nitrogen and oxygen atoms in total. The van der Waals surface area contributed by atoms with Crippen molar-refractivity contribution in [1.29, 1.82) is 0 Å². The number of hydroxylamine groups is 1. The van der Waals surface area contributed by atoms with Gasteiger partial charge in [-0.05, 0) is 47.0 Å². The first kappa shape index (κ1) is 14.6. The van der Waals surface area contributed by atoms with Crippen molar-refractivity contribution >= 4 is 33.4 Å². The Labute approximate surface area is 125 Å². The zero-order chi connectivity index (χ0) is 13.7. The maximum absolute atomic E-state index is 11.5. The molecule has 1 N–H and O–H groups in total. The molecular weight excluding hydrogens is 334 g/mol. The minimum atomic E-state index is -0.297. The molecule has 6 heteroatoms. The Morgan fingerprint density at radius 3 is 2.84 bits per heavy atom. The number of carbonyl (C=O) groups is 1. The van der Waals surface area contributed by atoms with E-state index in [4.69, 9.17) is 21.2 Å². The van der Waals surface area contributed by atoms with Crippen molar-refractivity contribution in [2.75, 3.05) is 6.61 Å². The summed E-state index contributed by atoms with van der Waals surface area (Å²) in [5.41, 5.74) is 2.42. The van der Waals surface area contributed by atoms with Crippen LogP contribution in [0.25, 0.3) is 0 Å². The molecule has 19 heavy (non-hydrogen) atoms. The second kappa shape index (κ2) is 7.12. The summed E-state index contributed by atoms with van der Waals surface area (Å²) in [5, 5.41) is 0.605. The highest BCUT2D eigenvalue weighted by molar-refractivity contribution is 9.10. The molecule has 1 saturated carbocycles. The Bertz CT molecular complexity index is 450. The van der Waals surface area contributed by atoms with Crippen LogP contribution in [-0.2, 0) is 9.63 Å². The van der Waals surface area contributed by atoms with E-state index in [0.717, 1.165) is 25.7 Å². The molecule has 0 radical (unpaired) electrons. The van der Waals surface area contributed by atoms with Crippen LogP contribution in [0.4, 0.5) is 0 Å². The maximum atomic E-state index is 11.5. The van der Waals surface area contributed by atoms with Crippen molar-refractivity contribution in [2.45, 2.75) is 31.8 Å². The first-order valence-electron chi connectivity index (χ1n) is 6.17. The van der Waals surface area contributed by atoms with Gasteiger partial charge in [0.05, 0.1) is 10.6 Å². The minimum Gasteiger partial charge on any atom is -0.483 e. The summed E-state index contributed by atoms with van der Waals surface area (Å²) >= 11 is 9.13. The number of carbonyl (C=O) groups excluding carboxylic acids is 1. The lowest BCUT2D eigenvalue weighted by Gasteiger charge is -2.12. The van der Waals surface area contributed by atoms with Crippen molar-refractivity contribution in [3.8, 4) is 5.75 Å². The molecular formula is C13H15BrClNO3. The number of amides is 1. The Morgan fingerprint density at radius 1 is 1.42 bits per heavy atom. The first-order chi connectivity index (χ1) is 9.15. The standard InChI is InChI=1S/C13H15BrClNO3/c14-11-7-9(15)5-6-12(11)18-8-13(17)16-19-10-3-1-2-4-10/h5-7,10H,1-4,8H2,(H,16,17). The van der Waals surface area contributed by atoms with E-state index in [1.165, 1.54) is 0 Å². The zero-order valence-electron chi connectivity index (χ0n) is 10.3. The third kappa shape index (κ3) is 4.67. The molecule has 0 atom stereocenters. The summed E-state index contributed by atoms with van der Waals surface area (Å²) < 4.78 is 6.08. The molecule has 1 aliphatic carbocycles. The van der Waals surface area contributed by atoms with Gasteiger partial charge in [0, 0.05) is 5.02 Å². The van der Waals surface area contributed by atoms with E-state index in [2.05, 4.69) is 21.4 Å². The van der Waals surface area contributed by atoms with Gasteiger partial charge in [0.1, 0.15) is 5.75 Å². The van der Waals surface area contributed by atoms with E-state index in [1.54, 1.807) is 18.2 Å². The topological polar surface area (TPSA) is 47.6 Å². The Morgan fingerprint density at radius 2 is 2.16 bits per heavy atom. The van der Waals surface area contributed by atoms with Gasteiger partial charge in [-0.25, -0.2) is 5.48 Å².